The van der Waals surface area contributed by atoms with Crippen LogP contribution in [-0.2, 0) is 6.42 Å². The molecule has 2 aromatic rings. The van der Waals surface area contributed by atoms with Crippen LogP contribution in [0.5, 0.6) is 0 Å². The summed E-state index contributed by atoms with van der Waals surface area (Å²) in [5, 5.41) is 0. The molecule has 0 bridgehead atoms. The third-order valence-electron chi connectivity index (χ3n) is 3.52. The van der Waals surface area contributed by atoms with Gasteiger partial charge in [-0.15, -0.1) is 6.58 Å². The van der Waals surface area contributed by atoms with E-state index in [1.807, 2.05) is 43.3 Å². The number of aromatic nitrogens is 2. The van der Waals surface area contributed by atoms with Crippen molar-refractivity contribution >= 4 is 5.91 Å². The Labute approximate surface area is 125 Å². The van der Waals surface area contributed by atoms with Crippen LogP contribution in [0.25, 0.3) is 0 Å². The topological polar surface area (TPSA) is 46.1 Å². The quantitative estimate of drug-likeness (QED) is 0.791. The smallest absolute Gasteiger partial charge is 0.254 e. The van der Waals surface area contributed by atoms with Gasteiger partial charge in [0.25, 0.3) is 5.91 Å². The fourth-order valence-electron chi connectivity index (χ4n) is 2.08. The number of benzene rings is 1. The molecule has 1 atom stereocenters. The molecule has 0 spiro atoms. The SMILES string of the molecule is C=CCc1ccc(C(=O)N(C)[C@@H](C)c2ccncn2)cc1. The Morgan fingerprint density at radius 1 is 1.33 bits per heavy atom. The third-order valence-corrected chi connectivity index (χ3v) is 3.52. The predicted octanol–water partition coefficient (Wildman–Crippen LogP) is 3.04. The number of allylic oxidation sites excluding steroid dienone is 1. The highest BCUT2D eigenvalue weighted by molar-refractivity contribution is 5.94. The fourth-order valence-corrected chi connectivity index (χ4v) is 2.08. The molecule has 0 N–H and O–H groups in total. The molecule has 0 saturated heterocycles. The molecule has 4 nitrogen and oxygen atoms in total. The molecule has 0 fully saturated rings. The van der Waals surface area contributed by atoms with Gasteiger partial charge in [-0.2, -0.15) is 0 Å². The number of carbonyl (C=O) groups is 1. The first kappa shape index (κ1) is 14.9. The molecule has 4 heteroatoms. The van der Waals surface area contributed by atoms with Gasteiger partial charge in [0.15, 0.2) is 0 Å². The third kappa shape index (κ3) is 3.54. The van der Waals surface area contributed by atoms with Gasteiger partial charge in [0.1, 0.15) is 6.33 Å². The average Bonchev–Trinajstić information content (AvgIpc) is 2.54. The Morgan fingerprint density at radius 2 is 2.05 bits per heavy atom. The maximum Gasteiger partial charge on any atom is 0.254 e. The predicted molar refractivity (Wildman–Crippen MR) is 82.9 cm³/mol. The zero-order valence-electron chi connectivity index (χ0n) is 12.4. The van der Waals surface area contributed by atoms with E-state index in [1.54, 1.807) is 18.1 Å². The van der Waals surface area contributed by atoms with Crippen LogP contribution in [0, 0.1) is 0 Å². The Bertz CT molecular complexity index is 608. The lowest BCUT2D eigenvalue weighted by Crippen LogP contribution is -2.30. The Kier molecular flexibility index (Phi) is 4.82. The van der Waals surface area contributed by atoms with Gasteiger partial charge in [-0.1, -0.05) is 18.2 Å². The lowest BCUT2D eigenvalue weighted by molar-refractivity contribution is 0.0739. The van der Waals surface area contributed by atoms with E-state index in [0.29, 0.717) is 5.56 Å². The number of rotatable bonds is 5. The molecule has 108 valence electrons. The van der Waals surface area contributed by atoms with Crippen molar-refractivity contribution in [2.45, 2.75) is 19.4 Å². The second kappa shape index (κ2) is 6.79. The highest BCUT2D eigenvalue weighted by atomic mass is 16.2. The van der Waals surface area contributed by atoms with Crippen LogP contribution in [0.3, 0.4) is 0 Å². The molecular formula is C17H19N3O. The standard InChI is InChI=1S/C17H19N3O/c1-4-5-14-6-8-15(9-7-14)17(21)20(3)13(2)16-10-11-18-12-19-16/h4,6-13H,1,5H2,2-3H3/t13-/m0/s1. The fraction of sp³-hybridized carbons (Fsp3) is 0.235. The Hall–Kier alpha value is -2.49. The Morgan fingerprint density at radius 3 is 2.62 bits per heavy atom. The summed E-state index contributed by atoms with van der Waals surface area (Å²) in [5.74, 6) is -0.0220. The second-order valence-corrected chi connectivity index (χ2v) is 4.92. The molecule has 1 amide bonds. The summed E-state index contributed by atoms with van der Waals surface area (Å²) in [6, 6.07) is 9.33. The molecule has 0 aliphatic rings. The van der Waals surface area contributed by atoms with E-state index in [-0.39, 0.29) is 11.9 Å². The van der Waals surface area contributed by atoms with Gasteiger partial charge >= 0.3 is 0 Å². The van der Waals surface area contributed by atoms with Crippen LogP contribution in [-0.4, -0.2) is 27.8 Å². The molecule has 21 heavy (non-hydrogen) atoms. The summed E-state index contributed by atoms with van der Waals surface area (Å²) >= 11 is 0. The molecule has 0 aliphatic heterocycles. The zero-order valence-corrected chi connectivity index (χ0v) is 12.4. The van der Waals surface area contributed by atoms with Crippen molar-refractivity contribution in [3.8, 4) is 0 Å². The van der Waals surface area contributed by atoms with Gasteiger partial charge in [0, 0.05) is 18.8 Å². The first-order valence-electron chi connectivity index (χ1n) is 6.86. The normalized spacial score (nSPS) is 11.7. The maximum absolute atomic E-state index is 12.5. The van der Waals surface area contributed by atoms with Crippen molar-refractivity contribution in [2.75, 3.05) is 7.05 Å². The van der Waals surface area contributed by atoms with E-state index < -0.39 is 0 Å². The highest BCUT2D eigenvalue weighted by Gasteiger charge is 2.19. The van der Waals surface area contributed by atoms with E-state index in [0.717, 1.165) is 17.7 Å². The van der Waals surface area contributed by atoms with Gasteiger partial charge in [-0.3, -0.25) is 4.79 Å². The largest absolute Gasteiger partial charge is 0.333 e. The van der Waals surface area contributed by atoms with E-state index in [9.17, 15) is 4.79 Å². The van der Waals surface area contributed by atoms with Gasteiger partial charge in [-0.25, -0.2) is 9.97 Å². The van der Waals surface area contributed by atoms with Crippen molar-refractivity contribution in [1.29, 1.82) is 0 Å². The Balaban J connectivity index is 2.13. The summed E-state index contributed by atoms with van der Waals surface area (Å²) in [6.45, 7) is 5.66. The lowest BCUT2D eigenvalue weighted by atomic mass is 10.1. The highest BCUT2D eigenvalue weighted by Crippen LogP contribution is 2.18. The number of amides is 1. The molecular weight excluding hydrogens is 262 g/mol. The van der Waals surface area contributed by atoms with E-state index in [1.165, 1.54) is 6.33 Å². The van der Waals surface area contributed by atoms with Crippen LogP contribution in [0.4, 0.5) is 0 Å². The van der Waals surface area contributed by atoms with Gasteiger partial charge in [0.2, 0.25) is 0 Å². The lowest BCUT2D eigenvalue weighted by Gasteiger charge is -2.24. The van der Waals surface area contributed by atoms with Crippen molar-refractivity contribution < 1.29 is 4.79 Å². The summed E-state index contributed by atoms with van der Waals surface area (Å²) in [5.41, 5.74) is 2.64. The molecule has 2 rings (SSSR count). The van der Waals surface area contributed by atoms with Crippen LogP contribution < -0.4 is 0 Å². The minimum absolute atomic E-state index is 0.0220. The minimum atomic E-state index is -0.103. The van der Waals surface area contributed by atoms with Crippen LogP contribution in [0.15, 0.2) is 55.5 Å². The zero-order chi connectivity index (χ0) is 15.2. The summed E-state index contributed by atoms with van der Waals surface area (Å²) in [4.78, 5) is 22.3. The summed E-state index contributed by atoms with van der Waals surface area (Å²) in [7, 11) is 1.78. The monoisotopic (exact) mass is 281 g/mol. The molecule has 0 aliphatic carbocycles. The molecule has 0 saturated carbocycles. The van der Waals surface area contributed by atoms with Crippen LogP contribution in [0.1, 0.15) is 34.6 Å². The van der Waals surface area contributed by atoms with E-state index >= 15 is 0 Å². The van der Waals surface area contributed by atoms with Crippen molar-refractivity contribution in [2.24, 2.45) is 0 Å². The minimum Gasteiger partial charge on any atom is -0.333 e. The number of carbonyl (C=O) groups excluding carboxylic acids is 1. The van der Waals surface area contributed by atoms with Crippen LogP contribution in [0.2, 0.25) is 0 Å². The summed E-state index contributed by atoms with van der Waals surface area (Å²) < 4.78 is 0. The van der Waals surface area contributed by atoms with E-state index in [4.69, 9.17) is 0 Å². The van der Waals surface area contributed by atoms with Gasteiger partial charge < -0.3 is 4.90 Å². The molecule has 1 aromatic carbocycles. The van der Waals surface area contributed by atoms with Gasteiger partial charge in [-0.05, 0) is 37.1 Å². The first-order valence-corrected chi connectivity index (χ1v) is 6.86. The van der Waals surface area contributed by atoms with Gasteiger partial charge in [0.05, 0.1) is 11.7 Å². The molecule has 1 heterocycles. The average molecular weight is 281 g/mol. The van der Waals surface area contributed by atoms with E-state index in [2.05, 4.69) is 16.5 Å². The van der Waals surface area contributed by atoms with Crippen LogP contribution >= 0.6 is 0 Å². The summed E-state index contributed by atoms with van der Waals surface area (Å²) in [6.07, 6.45) is 5.83. The first-order chi connectivity index (χ1) is 10.1. The molecule has 1 aromatic heterocycles. The molecule has 0 radical (unpaired) electrons. The van der Waals surface area contributed by atoms with Crippen molar-refractivity contribution in [3.63, 3.8) is 0 Å². The number of hydrogen-bond donors (Lipinski definition) is 0. The molecule has 0 unspecified atom stereocenters. The maximum atomic E-state index is 12.5. The second-order valence-electron chi connectivity index (χ2n) is 4.92. The van der Waals surface area contributed by atoms with Crippen molar-refractivity contribution in [1.82, 2.24) is 14.9 Å². The number of hydrogen-bond acceptors (Lipinski definition) is 3. The number of nitrogens with zero attached hydrogens (tertiary/aromatic N) is 3. The van der Waals surface area contributed by atoms with Crippen molar-refractivity contribution in [3.05, 3.63) is 72.3 Å².